The molecule has 0 bridgehead atoms. The molecule has 0 fully saturated rings. The first-order chi connectivity index (χ1) is 7.76. The highest BCUT2D eigenvalue weighted by Crippen LogP contribution is 2.11. The fourth-order valence-corrected chi connectivity index (χ4v) is 1.92. The van der Waals surface area contributed by atoms with Gasteiger partial charge in [-0.05, 0) is 13.8 Å². The summed E-state index contributed by atoms with van der Waals surface area (Å²) in [4.78, 5) is 15.7. The van der Waals surface area contributed by atoms with Crippen LogP contribution in [-0.4, -0.2) is 50.2 Å². The van der Waals surface area contributed by atoms with Gasteiger partial charge in [0.1, 0.15) is 6.33 Å². The predicted octanol–water partition coefficient (Wildman–Crippen LogP) is 0.556. The quantitative estimate of drug-likeness (QED) is 0.736. The Labute approximate surface area is 94.9 Å². The van der Waals surface area contributed by atoms with Crippen molar-refractivity contribution in [3.63, 3.8) is 0 Å². The molecule has 1 aromatic heterocycles. The number of aromatic nitrogens is 3. The largest absolute Gasteiger partial charge is 0.325 e. The van der Waals surface area contributed by atoms with Crippen molar-refractivity contribution in [3.8, 4) is 0 Å². The summed E-state index contributed by atoms with van der Waals surface area (Å²) in [5.41, 5.74) is 0. The van der Waals surface area contributed by atoms with E-state index in [9.17, 15) is 4.79 Å². The lowest BCUT2D eigenvalue weighted by molar-refractivity contribution is 0.144. The van der Waals surface area contributed by atoms with E-state index in [2.05, 4.69) is 10.2 Å². The SMILES string of the molecule is CCN(CC)C(=O)N1CCn2cnnc2C1. The Morgan fingerprint density at radius 1 is 1.44 bits per heavy atom. The van der Waals surface area contributed by atoms with E-state index in [4.69, 9.17) is 0 Å². The number of fused-ring (bicyclic) bond motifs is 1. The van der Waals surface area contributed by atoms with E-state index in [0.29, 0.717) is 6.54 Å². The van der Waals surface area contributed by atoms with E-state index < -0.39 is 0 Å². The van der Waals surface area contributed by atoms with Crippen LogP contribution in [0.15, 0.2) is 6.33 Å². The Bertz CT molecular complexity index is 371. The first kappa shape index (κ1) is 10.9. The normalized spacial score (nSPS) is 14.8. The minimum Gasteiger partial charge on any atom is -0.325 e. The van der Waals surface area contributed by atoms with Crippen molar-refractivity contribution < 1.29 is 4.79 Å². The highest BCUT2D eigenvalue weighted by molar-refractivity contribution is 5.74. The summed E-state index contributed by atoms with van der Waals surface area (Å²) in [7, 11) is 0. The molecule has 1 aromatic rings. The molecule has 2 amide bonds. The van der Waals surface area contributed by atoms with Gasteiger partial charge < -0.3 is 14.4 Å². The molecule has 2 heterocycles. The molecular weight excluding hydrogens is 206 g/mol. The van der Waals surface area contributed by atoms with Crippen LogP contribution in [0.5, 0.6) is 0 Å². The number of carbonyl (C=O) groups is 1. The van der Waals surface area contributed by atoms with Crippen LogP contribution in [0, 0.1) is 0 Å². The highest BCUT2D eigenvalue weighted by Gasteiger charge is 2.24. The zero-order valence-corrected chi connectivity index (χ0v) is 9.76. The summed E-state index contributed by atoms with van der Waals surface area (Å²) in [6.45, 7) is 7.57. The molecule has 0 atom stereocenters. The van der Waals surface area contributed by atoms with Gasteiger partial charge in [-0.15, -0.1) is 10.2 Å². The molecule has 0 N–H and O–H groups in total. The lowest BCUT2D eigenvalue weighted by Crippen LogP contribution is -2.46. The number of rotatable bonds is 2. The molecule has 6 heteroatoms. The molecule has 0 saturated heterocycles. The third-order valence-corrected chi connectivity index (χ3v) is 2.94. The third kappa shape index (κ3) is 1.87. The van der Waals surface area contributed by atoms with Crippen LogP contribution < -0.4 is 0 Å². The first-order valence-corrected chi connectivity index (χ1v) is 5.66. The summed E-state index contributed by atoms with van der Waals surface area (Å²) in [5, 5.41) is 7.85. The zero-order valence-electron chi connectivity index (χ0n) is 9.76. The van der Waals surface area contributed by atoms with Gasteiger partial charge in [-0.25, -0.2) is 4.79 Å². The van der Waals surface area contributed by atoms with Crippen LogP contribution in [0.1, 0.15) is 19.7 Å². The number of nitrogens with zero attached hydrogens (tertiary/aromatic N) is 5. The number of carbonyl (C=O) groups excluding carboxylic acids is 1. The maximum absolute atomic E-state index is 12.1. The fourth-order valence-electron chi connectivity index (χ4n) is 1.92. The third-order valence-electron chi connectivity index (χ3n) is 2.94. The molecule has 0 aromatic carbocycles. The van der Waals surface area contributed by atoms with E-state index in [0.717, 1.165) is 32.0 Å². The van der Waals surface area contributed by atoms with Crippen molar-refractivity contribution in [2.45, 2.75) is 26.9 Å². The lowest BCUT2D eigenvalue weighted by Gasteiger charge is -2.31. The van der Waals surface area contributed by atoms with E-state index in [1.807, 2.05) is 28.2 Å². The van der Waals surface area contributed by atoms with Crippen molar-refractivity contribution in [2.75, 3.05) is 19.6 Å². The second kappa shape index (κ2) is 4.51. The molecule has 1 aliphatic heterocycles. The van der Waals surface area contributed by atoms with Crippen LogP contribution in [0.2, 0.25) is 0 Å². The van der Waals surface area contributed by atoms with Crippen molar-refractivity contribution in [2.24, 2.45) is 0 Å². The fraction of sp³-hybridized carbons (Fsp3) is 0.700. The van der Waals surface area contributed by atoms with Gasteiger partial charge in [0.05, 0.1) is 6.54 Å². The van der Waals surface area contributed by atoms with E-state index in [1.165, 1.54) is 0 Å². The molecule has 2 rings (SSSR count). The zero-order chi connectivity index (χ0) is 11.5. The molecule has 0 spiro atoms. The van der Waals surface area contributed by atoms with E-state index >= 15 is 0 Å². The van der Waals surface area contributed by atoms with Crippen LogP contribution >= 0.6 is 0 Å². The summed E-state index contributed by atoms with van der Waals surface area (Å²) in [5.74, 6) is 0.867. The van der Waals surface area contributed by atoms with Gasteiger partial charge in [0, 0.05) is 26.2 Å². The summed E-state index contributed by atoms with van der Waals surface area (Å²) < 4.78 is 1.99. The lowest BCUT2D eigenvalue weighted by atomic mass is 10.3. The van der Waals surface area contributed by atoms with Crippen LogP contribution in [-0.2, 0) is 13.1 Å². The Balaban J connectivity index is 2.05. The van der Waals surface area contributed by atoms with Crippen molar-refractivity contribution in [3.05, 3.63) is 12.2 Å². The highest BCUT2D eigenvalue weighted by atomic mass is 16.2. The van der Waals surface area contributed by atoms with Gasteiger partial charge in [-0.3, -0.25) is 0 Å². The predicted molar refractivity (Wildman–Crippen MR) is 58.7 cm³/mol. The monoisotopic (exact) mass is 223 g/mol. The maximum Gasteiger partial charge on any atom is 0.320 e. The van der Waals surface area contributed by atoms with Gasteiger partial charge in [0.15, 0.2) is 5.82 Å². The van der Waals surface area contributed by atoms with E-state index in [-0.39, 0.29) is 6.03 Å². The standard InChI is InChI=1S/C10H17N5O/c1-3-13(4-2)10(16)14-5-6-15-8-11-12-9(15)7-14/h8H,3-7H2,1-2H3. The minimum absolute atomic E-state index is 0.0965. The average Bonchev–Trinajstić information content (AvgIpc) is 2.77. The Kier molecular flexibility index (Phi) is 3.07. The second-order valence-corrected chi connectivity index (χ2v) is 3.82. The van der Waals surface area contributed by atoms with Gasteiger partial charge in [0.2, 0.25) is 0 Å². The molecule has 1 aliphatic rings. The van der Waals surface area contributed by atoms with Gasteiger partial charge in [0.25, 0.3) is 0 Å². The molecule has 0 unspecified atom stereocenters. The first-order valence-electron chi connectivity index (χ1n) is 5.66. The maximum atomic E-state index is 12.1. The van der Waals surface area contributed by atoms with Crippen LogP contribution in [0.3, 0.4) is 0 Å². The van der Waals surface area contributed by atoms with Crippen molar-refractivity contribution in [1.29, 1.82) is 0 Å². The number of hydrogen-bond donors (Lipinski definition) is 0. The average molecular weight is 223 g/mol. The van der Waals surface area contributed by atoms with Gasteiger partial charge in [-0.1, -0.05) is 0 Å². The summed E-state index contributed by atoms with van der Waals surface area (Å²) in [6.07, 6.45) is 1.72. The topological polar surface area (TPSA) is 54.3 Å². The van der Waals surface area contributed by atoms with Crippen molar-refractivity contribution in [1.82, 2.24) is 24.6 Å². The molecule has 0 saturated carbocycles. The van der Waals surface area contributed by atoms with Crippen molar-refractivity contribution >= 4 is 6.03 Å². The Hall–Kier alpha value is -1.59. The summed E-state index contributed by atoms with van der Waals surface area (Å²) in [6, 6.07) is 0.0965. The molecule has 0 radical (unpaired) electrons. The van der Waals surface area contributed by atoms with E-state index in [1.54, 1.807) is 6.33 Å². The number of hydrogen-bond acceptors (Lipinski definition) is 3. The molecule has 0 aliphatic carbocycles. The smallest absolute Gasteiger partial charge is 0.320 e. The Morgan fingerprint density at radius 3 is 2.88 bits per heavy atom. The number of urea groups is 1. The van der Waals surface area contributed by atoms with Gasteiger partial charge in [-0.2, -0.15) is 0 Å². The molecular formula is C10H17N5O. The number of amides is 2. The van der Waals surface area contributed by atoms with Gasteiger partial charge >= 0.3 is 6.03 Å². The second-order valence-electron chi connectivity index (χ2n) is 3.82. The Morgan fingerprint density at radius 2 is 2.19 bits per heavy atom. The van der Waals surface area contributed by atoms with Crippen LogP contribution in [0.25, 0.3) is 0 Å². The molecule has 16 heavy (non-hydrogen) atoms. The minimum atomic E-state index is 0.0965. The van der Waals surface area contributed by atoms with Crippen LogP contribution in [0.4, 0.5) is 4.79 Å². The summed E-state index contributed by atoms with van der Waals surface area (Å²) >= 11 is 0. The molecule has 6 nitrogen and oxygen atoms in total. The molecule has 88 valence electrons.